The van der Waals surface area contributed by atoms with Crippen LogP contribution >= 0.6 is 11.8 Å². The molecule has 2 rings (SSSR count). The van der Waals surface area contributed by atoms with Crippen LogP contribution in [0.15, 0.2) is 53.4 Å². The highest BCUT2D eigenvalue weighted by Crippen LogP contribution is 2.32. The predicted octanol–water partition coefficient (Wildman–Crippen LogP) is 5.79. The molecule has 0 heterocycles. The van der Waals surface area contributed by atoms with Crippen molar-refractivity contribution in [1.82, 2.24) is 0 Å². The molecule has 0 saturated carbocycles. The van der Waals surface area contributed by atoms with Crippen molar-refractivity contribution in [1.29, 1.82) is 0 Å². The molecule has 0 aromatic heterocycles. The zero-order valence-corrected chi connectivity index (χ0v) is 21.4. The Bertz CT molecular complexity index is 889. The summed E-state index contributed by atoms with van der Waals surface area (Å²) in [6.45, 7) is 6.87. The summed E-state index contributed by atoms with van der Waals surface area (Å²) >= 11 is 1.48. The molecule has 0 aliphatic carbocycles. The van der Waals surface area contributed by atoms with Crippen molar-refractivity contribution in [2.45, 2.75) is 70.4 Å². The van der Waals surface area contributed by atoms with Gasteiger partial charge in [0, 0.05) is 10.6 Å². The summed E-state index contributed by atoms with van der Waals surface area (Å²) in [5.41, 5.74) is 7.43. The molecule has 186 valence electrons. The molecule has 2 atom stereocenters. The molecule has 0 radical (unpaired) electrons. The Labute approximate surface area is 208 Å². The third-order valence-electron chi connectivity index (χ3n) is 5.46. The van der Waals surface area contributed by atoms with Crippen molar-refractivity contribution in [3.8, 4) is 5.75 Å². The maximum absolute atomic E-state index is 12.3. The number of nitrogens with one attached hydrogen (secondary N) is 1. The number of rotatable bonds is 15. The molecule has 2 unspecified atom stereocenters. The summed E-state index contributed by atoms with van der Waals surface area (Å²) in [5, 5.41) is 2.86. The van der Waals surface area contributed by atoms with Gasteiger partial charge >= 0.3 is 5.97 Å². The molecule has 1 amide bonds. The molecule has 2 aromatic rings. The first-order valence-electron chi connectivity index (χ1n) is 12.1. The van der Waals surface area contributed by atoms with Crippen LogP contribution in [0.5, 0.6) is 5.75 Å². The Morgan fingerprint density at radius 2 is 1.88 bits per heavy atom. The Morgan fingerprint density at radius 3 is 2.56 bits per heavy atom. The molecular weight excluding hydrogens is 448 g/mol. The SMILES string of the molecule is CCCCC(CC)COC(=O)CCSc1cc(OCc2ccccc2)ccc1NC(=O)C(C)N. The first kappa shape index (κ1) is 27.7. The van der Waals surface area contributed by atoms with E-state index in [4.69, 9.17) is 15.2 Å². The van der Waals surface area contributed by atoms with Crippen LogP contribution in [-0.4, -0.2) is 30.3 Å². The van der Waals surface area contributed by atoms with Gasteiger partial charge < -0.3 is 20.5 Å². The van der Waals surface area contributed by atoms with Crippen LogP contribution in [0.3, 0.4) is 0 Å². The number of carbonyl (C=O) groups excluding carboxylic acids is 2. The number of carbonyl (C=O) groups is 2. The molecule has 3 N–H and O–H groups in total. The number of unbranched alkanes of at least 4 members (excludes halogenated alkanes) is 1. The quantitative estimate of drug-likeness (QED) is 0.244. The van der Waals surface area contributed by atoms with Gasteiger partial charge in [0.1, 0.15) is 12.4 Å². The van der Waals surface area contributed by atoms with Crippen LogP contribution in [0.4, 0.5) is 5.69 Å². The fourth-order valence-corrected chi connectivity index (χ4v) is 4.19. The second-order valence-corrected chi connectivity index (χ2v) is 9.54. The average Bonchev–Trinajstić information content (AvgIpc) is 2.84. The largest absolute Gasteiger partial charge is 0.489 e. The normalized spacial score (nSPS) is 12.6. The molecule has 2 aromatic carbocycles. The van der Waals surface area contributed by atoms with E-state index in [1.165, 1.54) is 11.8 Å². The smallest absolute Gasteiger partial charge is 0.306 e. The van der Waals surface area contributed by atoms with Crippen LogP contribution < -0.4 is 15.8 Å². The molecule has 0 bridgehead atoms. The number of nitrogens with two attached hydrogens (primary N) is 1. The lowest BCUT2D eigenvalue weighted by atomic mass is 10.0. The average molecular weight is 487 g/mol. The highest BCUT2D eigenvalue weighted by Gasteiger charge is 2.14. The minimum Gasteiger partial charge on any atom is -0.489 e. The van der Waals surface area contributed by atoms with Crippen LogP contribution in [0.1, 0.15) is 58.4 Å². The van der Waals surface area contributed by atoms with E-state index in [2.05, 4.69) is 19.2 Å². The topological polar surface area (TPSA) is 90.6 Å². The summed E-state index contributed by atoms with van der Waals surface area (Å²) in [5.74, 6) is 1.19. The number of benzene rings is 2. The van der Waals surface area contributed by atoms with E-state index in [1.807, 2.05) is 42.5 Å². The predicted molar refractivity (Wildman–Crippen MR) is 139 cm³/mol. The first-order chi connectivity index (χ1) is 16.4. The number of anilines is 1. The van der Waals surface area contributed by atoms with Gasteiger partial charge in [-0.1, -0.05) is 63.4 Å². The van der Waals surface area contributed by atoms with E-state index >= 15 is 0 Å². The molecule has 0 saturated heterocycles. The van der Waals surface area contributed by atoms with Gasteiger partial charge in [-0.3, -0.25) is 9.59 Å². The van der Waals surface area contributed by atoms with E-state index in [9.17, 15) is 9.59 Å². The molecule has 7 heteroatoms. The highest BCUT2D eigenvalue weighted by atomic mass is 32.2. The van der Waals surface area contributed by atoms with Crippen molar-refractivity contribution in [3.63, 3.8) is 0 Å². The fraction of sp³-hybridized carbons (Fsp3) is 0.481. The van der Waals surface area contributed by atoms with Gasteiger partial charge in [0.25, 0.3) is 0 Å². The summed E-state index contributed by atoms with van der Waals surface area (Å²) in [6, 6.07) is 14.8. The lowest BCUT2D eigenvalue weighted by Gasteiger charge is -2.16. The van der Waals surface area contributed by atoms with Gasteiger partial charge in [0.05, 0.1) is 24.8 Å². The molecular formula is C27H38N2O4S. The van der Waals surface area contributed by atoms with Crippen molar-refractivity contribution < 1.29 is 19.1 Å². The highest BCUT2D eigenvalue weighted by molar-refractivity contribution is 7.99. The van der Waals surface area contributed by atoms with Crippen molar-refractivity contribution in [2.24, 2.45) is 11.7 Å². The Morgan fingerprint density at radius 1 is 1.12 bits per heavy atom. The molecule has 6 nitrogen and oxygen atoms in total. The summed E-state index contributed by atoms with van der Waals surface area (Å²) in [4.78, 5) is 25.2. The molecule has 0 aliphatic heterocycles. The molecule has 0 aliphatic rings. The Hall–Kier alpha value is -2.51. The van der Waals surface area contributed by atoms with Crippen LogP contribution in [0.2, 0.25) is 0 Å². The van der Waals surface area contributed by atoms with E-state index in [1.54, 1.807) is 13.0 Å². The number of hydrogen-bond acceptors (Lipinski definition) is 6. The molecule has 0 spiro atoms. The number of thioether (sulfide) groups is 1. The van der Waals surface area contributed by atoms with E-state index in [0.29, 0.717) is 42.7 Å². The second kappa shape index (κ2) is 15.4. The van der Waals surface area contributed by atoms with E-state index in [0.717, 1.165) is 36.1 Å². The summed E-state index contributed by atoms with van der Waals surface area (Å²) < 4.78 is 11.4. The number of hydrogen-bond donors (Lipinski definition) is 2. The van der Waals surface area contributed by atoms with Gasteiger partial charge in [-0.15, -0.1) is 11.8 Å². The van der Waals surface area contributed by atoms with Gasteiger partial charge in [0.15, 0.2) is 0 Å². The summed E-state index contributed by atoms with van der Waals surface area (Å²) in [6.07, 6.45) is 4.71. The number of ether oxygens (including phenoxy) is 2. The third-order valence-corrected chi connectivity index (χ3v) is 6.52. The van der Waals surface area contributed by atoms with E-state index < -0.39 is 6.04 Å². The monoisotopic (exact) mass is 486 g/mol. The van der Waals surface area contributed by atoms with Crippen molar-refractivity contribution >= 4 is 29.3 Å². The zero-order valence-electron chi connectivity index (χ0n) is 20.5. The number of amides is 1. The van der Waals surface area contributed by atoms with Crippen LogP contribution in [0.25, 0.3) is 0 Å². The molecule has 0 fully saturated rings. The summed E-state index contributed by atoms with van der Waals surface area (Å²) in [7, 11) is 0. The van der Waals surface area contributed by atoms with Gasteiger partial charge in [-0.2, -0.15) is 0 Å². The van der Waals surface area contributed by atoms with Crippen molar-refractivity contribution in [2.75, 3.05) is 17.7 Å². The first-order valence-corrected chi connectivity index (χ1v) is 13.1. The molecule has 34 heavy (non-hydrogen) atoms. The minimum absolute atomic E-state index is 0.194. The maximum atomic E-state index is 12.3. The lowest BCUT2D eigenvalue weighted by molar-refractivity contribution is -0.144. The van der Waals surface area contributed by atoms with Crippen molar-refractivity contribution in [3.05, 3.63) is 54.1 Å². The second-order valence-electron chi connectivity index (χ2n) is 8.41. The van der Waals surface area contributed by atoms with Crippen LogP contribution in [0, 0.1) is 5.92 Å². The van der Waals surface area contributed by atoms with E-state index in [-0.39, 0.29) is 11.9 Å². The Balaban J connectivity index is 1.96. The third kappa shape index (κ3) is 10.2. The van der Waals surface area contributed by atoms with Gasteiger partial charge in [0.2, 0.25) is 5.91 Å². The van der Waals surface area contributed by atoms with Gasteiger partial charge in [-0.25, -0.2) is 0 Å². The standard InChI is InChI=1S/C27H38N2O4S/c1-4-6-10-21(5-2)18-33-26(30)15-16-34-25-17-23(32-19-22-11-8-7-9-12-22)13-14-24(25)29-27(31)20(3)28/h7-9,11-14,17,20-21H,4-6,10,15-16,18-19,28H2,1-3H3,(H,29,31). The zero-order chi connectivity index (χ0) is 24.8. The lowest BCUT2D eigenvalue weighted by Crippen LogP contribution is -2.32. The fourth-order valence-electron chi connectivity index (χ4n) is 3.23. The minimum atomic E-state index is -0.624. The van der Waals surface area contributed by atoms with Crippen LogP contribution in [-0.2, 0) is 20.9 Å². The van der Waals surface area contributed by atoms with Gasteiger partial charge in [-0.05, 0) is 43.0 Å². The Kier molecular flexibility index (Phi) is 12.6. The number of esters is 1. The maximum Gasteiger partial charge on any atom is 0.306 e.